The zero-order valence-corrected chi connectivity index (χ0v) is 22.5. The molecule has 0 unspecified atom stereocenters. The average molecular weight is 569 g/mol. The van der Waals surface area contributed by atoms with E-state index in [2.05, 4.69) is 10.5 Å². The normalized spacial score (nSPS) is 11.2. The molecule has 0 fully saturated rings. The van der Waals surface area contributed by atoms with E-state index in [9.17, 15) is 18.0 Å². The third kappa shape index (κ3) is 7.24. The van der Waals surface area contributed by atoms with E-state index >= 15 is 0 Å². The second-order valence-electron chi connectivity index (χ2n) is 8.74. The van der Waals surface area contributed by atoms with Crippen molar-refractivity contribution < 1.29 is 32.4 Å². The van der Waals surface area contributed by atoms with Gasteiger partial charge in [-0.2, -0.15) is 0 Å². The number of halogens is 1. The number of nitrogens with one attached hydrogen (secondary N) is 1. The molecule has 0 aliphatic heterocycles. The third-order valence-corrected chi connectivity index (χ3v) is 7.94. The van der Waals surface area contributed by atoms with E-state index in [1.807, 2.05) is 18.2 Å². The fourth-order valence-corrected chi connectivity index (χ4v) is 5.43. The Kier molecular flexibility index (Phi) is 8.68. The van der Waals surface area contributed by atoms with Gasteiger partial charge in [0.05, 0.1) is 23.7 Å². The van der Waals surface area contributed by atoms with Gasteiger partial charge in [-0.05, 0) is 41.8 Å². The molecule has 1 aromatic heterocycles. The summed E-state index contributed by atoms with van der Waals surface area (Å²) in [5.74, 6) is -0.931. The molecule has 0 saturated heterocycles. The molecule has 0 saturated carbocycles. The van der Waals surface area contributed by atoms with Crippen molar-refractivity contribution in [2.45, 2.75) is 30.4 Å². The Morgan fingerprint density at radius 3 is 2.33 bits per heavy atom. The van der Waals surface area contributed by atoms with Crippen LogP contribution in [0, 0.1) is 6.92 Å². The van der Waals surface area contributed by atoms with E-state index in [4.69, 9.17) is 26.0 Å². The number of carboxylic acid groups (broad SMARTS) is 1. The molecule has 9 nitrogen and oxygen atoms in total. The van der Waals surface area contributed by atoms with Crippen molar-refractivity contribution in [3.63, 3.8) is 0 Å². The largest absolute Gasteiger partial charge is 0.481 e. The number of sulfone groups is 1. The maximum atomic E-state index is 12.9. The average Bonchev–Trinajstić information content (AvgIpc) is 3.25. The van der Waals surface area contributed by atoms with E-state index < -0.39 is 21.9 Å². The number of aromatic nitrogens is 1. The molecule has 0 aliphatic rings. The molecule has 0 bridgehead atoms. The molecular formula is C28H25ClN2O7S. The molecule has 39 heavy (non-hydrogen) atoms. The van der Waals surface area contributed by atoms with E-state index in [1.165, 1.54) is 24.3 Å². The minimum Gasteiger partial charge on any atom is -0.481 e. The van der Waals surface area contributed by atoms with E-state index in [0.29, 0.717) is 45.3 Å². The minimum atomic E-state index is -3.65. The first-order valence-corrected chi connectivity index (χ1v) is 13.9. The summed E-state index contributed by atoms with van der Waals surface area (Å²) >= 11 is 6.13. The summed E-state index contributed by atoms with van der Waals surface area (Å²) < 4.78 is 36.4. The number of benzene rings is 3. The predicted molar refractivity (Wildman–Crippen MR) is 145 cm³/mol. The van der Waals surface area contributed by atoms with Gasteiger partial charge < -0.3 is 14.4 Å². The first kappa shape index (κ1) is 27.9. The molecule has 1 heterocycles. The third-order valence-electron chi connectivity index (χ3n) is 5.86. The van der Waals surface area contributed by atoms with Gasteiger partial charge >= 0.3 is 12.1 Å². The maximum absolute atomic E-state index is 12.9. The molecule has 0 atom stereocenters. The molecule has 0 spiro atoms. The molecular weight excluding hydrogens is 544 g/mol. The topological polar surface area (TPSA) is 136 Å². The lowest BCUT2D eigenvalue weighted by molar-refractivity contribution is -0.136. The van der Waals surface area contributed by atoms with Crippen LogP contribution in [0.1, 0.15) is 22.4 Å². The van der Waals surface area contributed by atoms with Crippen LogP contribution in [0.5, 0.6) is 0 Å². The number of hydrogen-bond donors (Lipinski definition) is 2. The number of nitrogens with zero attached hydrogens (tertiary/aromatic N) is 1. The van der Waals surface area contributed by atoms with Gasteiger partial charge in [0.15, 0.2) is 15.6 Å². The van der Waals surface area contributed by atoms with Crippen LogP contribution < -0.4 is 5.32 Å². The molecule has 2 N–H and O–H groups in total. The van der Waals surface area contributed by atoms with Gasteiger partial charge in [-0.3, -0.25) is 10.1 Å². The van der Waals surface area contributed by atoms with Crippen LogP contribution in [-0.4, -0.2) is 37.4 Å². The molecule has 0 radical (unpaired) electrons. The lowest BCUT2D eigenvalue weighted by atomic mass is 10.1. The highest BCUT2D eigenvalue weighted by atomic mass is 35.5. The monoisotopic (exact) mass is 568 g/mol. The van der Waals surface area contributed by atoms with Crippen molar-refractivity contribution >= 4 is 39.2 Å². The van der Waals surface area contributed by atoms with Crippen molar-refractivity contribution in [2.75, 3.05) is 11.9 Å². The molecule has 3 aromatic carbocycles. The summed E-state index contributed by atoms with van der Waals surface area (Å²) in [5, 5.41) is 16.1. The molecule has 4 aromatic rings. The van der Waals surface area contributed by atoms with E-state index in [1.54, 1.807) is 37.3 Å². The van der Waals surface area contributed by atoms with Gasteiger partial charge in [0.25, 0.3) is 0 Å². The number of aliphatic carboxylic acids is 1. The number of ether oxygens (including phenoxy) is 1. The van der Waals surface area contributed by atoms with Crippen molar-refractivity contribution in [2.24, 2.45) is 0 Å². The number of carboxylic acids is 1. The first-order valence-electron chi connectivity index (χ1n) is 11.9. The second kappa shape index (κ2) is 12.1. The van der Waals surface area contributed by atoms with Crippen molar-refractivity contribution in [3.05, 3.63) is 100 Å². The number of rotatable bonds is 10. The number of aryl methyl sites for hydroxylation is 1. The smallest absolute Gasteiger partial charge is 0.411 e. The highest BCUT2D eigenvalue weighted by molar-refractivity contribution is 7.90. The fourth-order valence-electron chi connectivity index (χ4n) is 3.85. The Labute approximate surface area is 230 Å². The summed E-state index contributed by atoms with van der Waals surface area (Å²) in [7, 11) is -3.65. The van der Waals surface area contributed by atoms with E-state index in [0.717, 1.165) is 5.56 Å². The van der Waals surface area contributed by atoms with Crippen molar-refractivity contribution in [1.29, 1.82) is 0 Å². The van der Waals surface area contributed by atoms with E-state index in [-0.39, 0.29) is 23.7 Å². The SMILES string of the molecule is Cc1noc(-c2ccc(CS(=O)(=O)c3ccc(CC(=O)O)cc3)cc2)c1NC(=O)OCCc1ccccc1Cl. The molecule has 4 rings (SSSR count). The van der Waals surface area contributed by atoms with Crippen LogP contribution in [0.4, 0.5) is 10.5 Å². The fraction of sp³-hybridized carbons (Fsp3) is 0.179. The number of anilines is 1. The Morgan fingerprint density at radius 2 is 1.67 bits per heavy atom. The number of hydrogen-bond acceptors (Lipinski definition) is 7. The standard InChI is InChI=1S/C28H25ClN2O7S/c1-18-26(30-28(34)37-15-14-21-4-2-3-5-24(21)29)27(38-31-18)22-10-6-20(7-11-22)17-39(35,36)23-12-8-19(9-13-23)16-25(32)33/h2-13H,14-17H2,1H3,(H,30,34)(H,32,33). The van der Waals surface area contributed by atoms with Crippen LogP contribution >= 0.6 is 11.6 Å². The van der Waals surface area contributed by atoms with Gasteiger partial charge in [-0.1, -0.05) is 71.4 Å². The summed E-state index contributed by atoms with van der Waals surface area (Å²) in [4.78, 5) is 23.3. The summed E-state index contributed by atoms with van der Waals surface area (Å²) in [6, 6.07) is 19.8. The molecule has 202 valence electrons. The van der Waals surface area contributed by atoms with Gasteiger partial charge in [-0.15, -0.1) is 0 Å². The van der Waals surface area contributed by atoms with Crippen molar-refractivity contribution in [3.8, 4) is 11.3 Å². The predicted octanol–water partition coefficient (Wildman–Crippen LogP) is 5.70. The Morgan fingerprint density at radius 1 is 1.00 bits per heavy atom. The number of carbonyl (C=O) groups excluding carboxylic acids is 1. The molecule has 11 heteroatoms. The first-order chi connectivity index (χ1) is 18.6. The molecule has 1 amide bonds. The highest BCUT2D eigenvalue weighted by Gasteiger charge is 2.20. The van der Waals surface area contributed by atoms with Crippen LogP contribution in [-0.2, 0) is 38.0 Å². The summed E-state index contributed by atoms with van der Waals surface area (Å²) in [5.41, 5.74) is 3.30. The maximum Gasteiger partial charge on any atom is 0.411 e. The van der Waals surface area contributed by atoms with Crippen LogP contribution in [0.15, 0.2) is 82.2 Å². The van der Waals surface area contributed by atoms with Gasteiger partial charge in [0, 0.05) is 17.0 Å². The number of amides is 1. The minimum absolute atomic E-state index is 0.103. The lowest BCUT2D eigenvalue weighted by Crippen LogP contribution is -2.16. The quantitative estimate of drug-likeness (QED) is 0.249. The summed E-state index contributed by atoms with van der Waals surface area (Å²) in [6.07, 6.45) is -0.397. The number of carbonyl (C=O) groups is 2. The van der Waals surface area contributed by atoms with Crippen LogP contribution in [0.2, 0.25) is 5.02 Å². The highest BCUT2D eigenvalue weighted by Crippen LogP contribution is 2.31. The summed E-state index contributed by atoms with van der Waals surface area (Å²) in [6.45, 7) is 1.80. The van der Waals surface area contributed by atoms with Gasteiger partial charge in [0.1, 0.15) is 11.4 Å². The van der Waals surface area contributed by atoms with Crippen LogP contribution in [0.3, 0.4) is 0 Å². The lowest BCUT2D eigenvalue weighted by Gasteiger charge is -2.09. The Balaban J connectivity index is 1.40. The van der Waals surface area contributed by atoms with Gasteiger partial charge in [0.2, 0.25) is 0 Å². The second-order valence-corrected chi connectivity index (χ2v) is 11.1. The molecule has 0 aliphatic carbocycles. The Bertz CT molecular complexity index is 1580. The van der Waals surface area contributed by atoms with Gasteiger partial charge in [-0.25, -0.2) is 13.2 Å². The van der Waals surface area contributed by atoms with Crippen LogP contribution in [0.25, 0.3) is 11.3 Å². The van der Waals surface area contributed by atoms with Crippen molar-refractivity contribution in [1.82, 2.24) is 5.16 Å². The zero-order valence-electron chi connectivity index (χ0n) is 20.9. The zero-order chi connectivity index (χ0) is 28.0. The Hall–Kier alpha value is -4.15.